The maximum absolute atomic E-state index is 14.1. The second-order valence-electron chi connectivity index (χ2n) is 12.3. The quantitative estimate of drug-likeness (QED) is 0.152. The summed E-state index contributed by atoms with van der Waals surface area (Å²) in [5, 5.41) is 14.7. The zero-order chi connectivity index (χ0) is 33.7. The van der Waals surface area contributed by atoms with E-state index in [4.69, 9.17) is 4.74 Å². The van der Waals surface area contributed by atoms with E-state index in [9.17, 15) is 37.5 Å². The number of alkyl halides is 3. The molecule has 0 aliphatic carbocycles. The number of unbranched alkanes of at least 4 members (excludes halogenated alkanes) is 2. The van der Waals surface area contributed by atoms with E-state index in [0.29, 0.717) is 56.7 Å². The van der Waals surface area contributed by atoms with Crippen molar-refractivity contribution in [2.24, 2.45) is 11.8 Å². The van der Waals surface area contributed by atoms with Crippen LogP contribution in [-0.2, 0) is 30.5 Å². The lowest BCUT2D eigenvalue weighted by molar-refractivity contribution is -0.161. The predicted molar refractivity (Wildman–Crippen MR) is 167 cm³/mol. The molecule has 3 N–H and O–H groups in total. The van der Waals surface area contributed by atoms with Crippen LogP contribution >= 0.6 is 0 Å². The molecule has 3 atom stereocenters. The molecule has 1 fully saturated rings. The van der Waals surface area contributed by atoms with Crippen LogP contribution in [0.4, 0.5) is 18.9 Å². The minimum absolute atomic E-state index is 0.141. The molecule has 1 aromatic carbocycles. The van der Waals surface area contributed by atoms with Crippen LogP contribution in [0, 0.1) is 11.8 Å². The summed E-state index contributed by atoms with van der Waals surface area (Å²) < 4.78 is 47.8. The standard InChI is InChI=1S/C33H47F3N4O6/c1-23(2)31(38-28(33(34,35)36)8-4-3-5-16-40-29(43)13-14-30(40)44)27(42)21-25(7-6-15-39-17-19-46-20-18-39)32(45)37-26-11-9-24(22-41)10-12-26/h9-14,23,25,28,31,38,41H,3-8,15-22H2,1-2H3,(H,37,45)/t25-,28-,31+/m1/s1. The number of hydrogen-bond donors (Lipinski definition) is 3. The highest BCUT2D eigenvalue weighted by Crippen LogP contribution is 2.27. The van der Waals surface area contributed by atoms with Gasteiger partial charge in [0.2, 0.25) is 5.91 Å². The highest BCUT2D eigenvalue weighted by molar-refractivity contribution is 6.12. The van der Waals surface area contributed by atoms with Crippen LogP contribution in [0.3, 0.4) is 0 Å². The van der Waals surface area contributed by atoms with Crippen molar-refractivity contribution < 1.29 is 42.2 Å². The smallest absolute Gasteiger partial charge is 0.392 e. The number of ether oxygens (including phenoxy) is 1. The summed E-state index contributed by atoms with van der Waals surface area (Å²) in [6.45, 7) is 6.87. The Morgan fingerprint density at radius 2 is 1.59 bits per heavy atom. The summed E-state index contributed by atoms with van der Waals surface area (Å²) in [7, 11) is 0. The number of imide groups is 1. The van der Waals surface area contributed by atoms with Crippen LogP contribution in [0.15, 0.2) is 36.4 Å². The molecule has 0 spiro atoms. The van der Waals surface area contributed by atoms with Crippen molar-refractivity contribution in [1.82, 2.24) is 15.1 Å². The molecule has 0 unspecified atom stereocenters. The summed E-state index contributed by atoms with van der Waals surface area (Å²) in [6, 6.07) is 3.61. The van der Waals surface area contributed by atoms with E-state index in [2.05, 4.69) is 15.5 Å². The molecule has 46 heavy (non-hydrogen) atoms. The lowest BCUT2D eigenvalue weighted by atomic mass is 9.88. The van der Waals surface area contributed by atoms with Crippen molar-refractivity contribution in [3.05, 3.63) is 42.0 Å². The van der Waals surface area contributed by atoms with Crippen molar-refractivity contribution >= 4 is 29.2 Å². The molecule has 2 aliphatic heterocycles. The molecule has 3 rings (SSSR count). The van der Waals surface area contributed by atoms with Crippen molar-refractivity contribution in [2.45, 2.75) is 83.7 Å². The lowest BCUT2D eigenvalue weighted by Gasteiger charge is -2.30. The van der Waals surface area contributed by atoms with Crippen molar-refractivity contribution in [3.63, 3.8) is 0 Å². The summed E-state index contributed by atoms with van der Waals surface area (Å²) >= 11 is 0. The third kappa shape index (κ3) is 11.9. The molecule has 0 saturated carbocycles. The molecule has 0 radical (unpaired) electrons. The Morgan fingerprint density at radius 3 is 2.17 bits per heavy atom. The summed E-state index contributed by atoms with van der Waals surface area (Å²) in [5.74, 6) is -2.89. The second kappa shape index (κ2) is 18.3. The number of aliphatic hydroxyl groups excluding tert-OH is 1. The zero-order valence-corrected chi connectivity index (χ0v) is 26.7. The van der Waals surface area contributed by atoms with Crippen LogP contribution in [0.25, 0.3) is 0 Å². The first kappa shape index (κ1) is 37.3. The Labute approximate surface area is 268 Å². The topological polar surface area (TPSA) is 128 Å². The van der Waals surface area contributed by atoms with E-state index in [-0.39, 0.29) is 38.3 Å². The summed E-state index contributed by atoms with van der Waals surface area (Å²) in [6.07, 6.45) is -0.806. The number of benzene rings is 1. The monoisotopic (exact) mass is 652 g/mol. The number of morpholine rings is 1. The van der Waals surface area contributed by atoms with Crippen molar-refractivity contribution in [3.8, 4) is 0 Å². The van der Waals surface area contributed by atoms with Crippen molar-refractivity contribution in [2.75, 3.05) is 44.7 Å². The van der Waals surface area contributed by atoms with Crippen molar-refractivity contribution in [1.29, 1.82) is 0 Å². The fraction of sp³-hybridized carbons (Fsp3) is 0.636. The first-order chi connectivity index (χ1) is 21.9. The predicted octanol–water partition coefficient (Wildman–Crippen LogP) is 3.84. The normalized spacial score (nSPS) is 17.8. The molecule has 3 amide bonds. The second-order valence-corrected chi connectivity index (χ2v) is 12.3. The number of anilines is 1. The first-order valence-electron chi connectivity index (χ1n) is 16.1. The minimum Gasteiger partial charge on any atom is -0.392 e. The number of ketones is 1. The fourth-order valence-electron chi connectivity index (χ4n) is 5.68. The maximum atomic E-state index is 14.1. The Balaban J connectivity index is 1.62. The van der Waals surface area contributed by atoms with Gasteiger partial charge in [0.1, 0.15) is 6.04 Å². The van der Waals surface area contributed by atoms with E-state index < -0.39 is 47.7 Å². The van der Waals surface area contributed by atoms with Crippen LogP contribution in [-0.4, -0.2) is 96.1 Å². The number of rotatable bonds is 19. The molecular weight excluding hydrogens is 605 g/mol. The SMILES string of the molecule is CC(C)[C@H](N[C@H](CCCCCN1C(=O)C=CC1=O)C(F)(F)F)C(=O)C[C@@H](CCCN1CCOCC1)C(=O)Nc1ccc(CO)cc1. The van der Waals surface area contributed by atoms with E-state index in [1.54, 1.807) is 38.1 Å². The summed E-state index contributed by atoms with van der Waals surface area (Å²) in [5.41, 5.74) is 1.17. The molecule has 1 saturated heterocycles. The van der Waals surface area contributed by atoms with E-state index in [1.807, 2.05) is 0 Å². The van der Waals surface area contributed by atoms with Gasteiger partial charge < -0.3 is 15.2 Å². The van der Waals surface area contributed by atoms with Crippen LogP contribution in [0.5, 0.6) is 0 Å². The average Bonchev–Trinajstić information content (AvgIpc) is 3.34. The van der Waals surface area contributed by atoms with Crippen LogP contribution in [0.1, 0.15) is 64.4 Å². The third-order valence-corrected chi connectivity index (χ3v) is 8.42. The number of nitrogens with one attached hydrogen (secondary N) is 2. The largest absolute Gasteiger partial charge is 0.403 e. The molecular formula is C33H47F3N4O6. The average molecular weight is 653 g/mol. The molecule has 2 heterocycles. The summed E-state index contributed by atoms with van der Waals surface area (Å²) in [4.78, 5) is 53.7. The number of hydrogen-bond acceptors (Lipinski definition) is 8. The molecule has 0 bridgehead atoms. The Bertz CT molecular complexity index is 1170. The molecule has 1 aromatic rings. The molecule has 10 nitrogen and oxygen atoms in total. The van der Waals surface area contributed by atoms with Crippen LogP contribution < -0.4 is 10.6 Å². The zero-order valence-electron chi connectivity index (χ0n) is 26.7. The molecule has 256 valence electrons. The van der Waals surface area contributed by atoms with Gasteiger partial charge in [-0.1, -0.05) is 38.8 Å². The number of carbonyl (C=O) groups excluding carboxylic acids is 4. The minimum atomic E-state index is -4.60. The number of Topliss-reactive ketones (excluding diaryl/α,β-unsaturated/α-hetero) is 1. The third-order valence-electron chi connectivity index (χ3n) is 8.42. The Kier molecular flexibility index (Phi) is 14.8. The number of nitrogens with zero attached hydrogens (tertiary/aromatic N) is 2. The van der Waals surface area contributed by atoms with Gasteiger partial charge >= 0.3 is 6.18 Å². The van der Waals surface area contributed by atoms with Gasteiger partial charge in [0.15, 0.2) is 5.78 Å². The maximum Gasteiger partial charge on any atom is 0.403 e. The lowest BCUT2D eigenvalue weighted by Crippen LogP contribution is -2.52. The number of halogens is 3. The first-order valence-corrected chi connectivity index (χ1v) is 16.1. The Hall–Kier alpha value is -3.13. The van der Waals surface area contributed by atoms with E-state index in [1.165, 1.54) is 12.2 Å². The molecule has 0 aromatic heterocycles. The highest BCUT2D eigenvalue weighted by atomic mass is 19.4. The highest BCUT2D eigenvalue weighted by Gasteiger charge is 2.42. The van der Waals surface area contributed by atoms with Gasteiger partial charge in [-0.15, -0.1) is 0 Å². The van der Waals surface area contributed by atoms with E-state index >= 15 is 0 Å². The van der Waals surface area contributed by atoms with Gasteiger partial charge in [0, 0.05) is 49.8 Å². The van der Waals surface area contributed by atoms with Gasteiger partial charge in [-0.2, -0.15) is 13.2 Å². The van der Waals surface area contributed by atoms with Gasteiger partial charge in [0.25, 0.3) is 11.8 Å². The molecule has 2 aliphatic rings. The molecule has 13 heteroatoms. The van der Waals surface area contributed by atoms with Gasteiger partial charge in [-0.25, -0.2) is 0 Å². The van der Waals surface area contributed by atoms with E-state index in [0.717, 1.165) is 18.0 Å². The number of carbonyl (C=O) groups is 4. The van der Waals surface area contributed by atoms with Gasteiger partial charge in [-0.3, -0.25) is 34.3 Å². The Morgan fingerprint density at radius 1 is 0.935 bits per heavy atom. The van der Waals surface area contributed by atoms with Gasteiger partial charge in [-0.05, 0) is 55.8 Å². The number of amides is 3. The van der Waals surface area contributed by atoms with Gasteiger partial charge in [0.05, 0.1) is 25.9 Å². The number of aliphatic hydroxyl groups is 1. The fourth-order valence-corrected chi connectivity index (χ4v) is 5.68. The van der Waals surface area contributed by atoms with Crippen LogP contribution in [0.2, 0.25) is 0 Å².